The molecule has 2 atom stereocenters. The van der Waals surface area contributed by atoms with Gasteiger partial charge in [0.1, 0.15) is 0 Å². The normalized spacial score (nSPS) is 18.5. The van der Waals surface area contributed by atoms with Gasteiger partial charge in [-0.2, -0.15) is 0 Å². The first-order valence-corrected chi connectivity index (χ1v) is 11.3. The number of halogens is 1. The standard InChI is InChI=1S/C24H27ClN4OS/c1-15-14-18(17(3)29(15)21-10-6-8-19(25)16(21)2)23-22(20-9-4-5-11-26-20)27-24(31)28(23)12-7-13-30/h4-6,8-11,14,22-23,30H,7,12-13H2,1-3H3,(H,27,31)/t22-,23-/m0/s1. The van der Waals surface area contributed by atoms with Gasteiger partial charge in [0, 0.05) is 41.4 Å². The molecule has 0 unspecified atom stereocenters. The van der Waals surface area contributed by atoms with E-state index in [1.807, 2.05) is 43.5 Å². The average Bonchev–Trinajstić information content (AvgIpc) is 3.24. The van der Waals surface area contributed by atoms with Crippen molar-refractivity contribution in [3.63, 3.8) is 0 Å². The fourth-order valence-corrected chi connectivity index (χ4v) is 5.02. The Morgan fingerprint density at radius 1 is 1.16 bits per heavy atom. The lowest BCUT2D eigenvalue weighted by molar-refractivity contribution is 0.247. The van der Waals surface area contributed by atoms with Gasteiger partial charge in [-0.15, -0.1) is 0 Å². The van der Waals surface area contributed by atoms with Gasteiger partial charge in [-0.1, -0.05) is 23.7 Å². The molecule has 0 spiro atoms. The number of nitrogens with zero attached hydrogens (tertiary/aromatic N) is 3. The number of aliphatic hydroxyl groups is 1. The summed E-state index contributed by atoms with van der Waals surface area (Å²) in [6, 6.07) is 14.1. The van der Waals surface area contributed by atoms with Crippen LogP contribution in [0.15, 0.2) is 48.7 Å². The average molecular weight is 455 g/mol. The second-order valence-electron chi connectivity index (χ2n) is 7.94. The second-order valence-corrected chi connectivity index (χ2v) is 8.74. The summed E-state index contributed by atoms with van der Waals surface area (Å²) in [5.41, 5.74) is 6.56. The van der Waals surface area contributed by atoms with Crippen LogP contribution in [0.4, 0.5) is 0 Å². The Balaban J connectivity index is 1.84. The van der Waals surface area contributed by atoms with Gasteiger partial charge in [-0.05, 0) is 80.9 Å². The Morgan fingerprint density at radius 2 is 1.97 bits per heavy atom. The number of nitrogens with one attached hydrogen (secondary N) is 1. The van der Waals surface area contributed by atoms with Gasteiger partial charge in [0.05, 0.1) is 17.8 Å². The molecule has 0 bridgehead atoms. The van der Waals surface area contributed by atoms with Crippen LogP contribution in [0.1, 0.15) is 46.7 Å². The summed E-state index contributed by atoms with van der Waals surface area (Å²) in [5.74, 6) is 0. The van der Waals surface area contributed by atoms with Gasteiger partial charge in [-0.25, -0.2) is 0 Å². The van der Waals surface area contributed by atoms with E-state index in [2.05, 4.69) is 45.7 Å². The molecule has 2 N–H and O–H groups in total. The molecule has 1 saturated heterocycles. The number of hydrogen-bond donors (Lipinski definition) is 2. The van der Waals surface area contributed by atoms with Gasteiger partial charge in [0.2, 0.25) is 0 Å². The molecule has 0 saturated carbocycles. The largest absolute Gasteiger partial charge is 0.396 e. The van der Waals surface area contributed by atoms with E-state index in [4.69, 9.17) is 23.8 Å². The van der Waals surface area contributed by atoms with Crippen LogP contribution in [0.25, 0.3) is 5.69 Å². The number of aryl methyl sites for hydroxylation is 1. The van der Waals surface area contributed by atoms with Crippen molar-refractivity contribution < 1.29 is 5.11 Å². The SMILES string of the molecule is Cc1c(Cl)cccc1-n1c(C)cc([C@H]2[C@H](c3ccccn3)NC(=S)N2CCCO)c1C. The summed E-state index contributed by atoms with van der Waals surface area (Å²) < 4.78 is 2.26. The monoisotopic (exact) mass is 454 g/mol. The van der Waals surface area contributed by atoms with E-state index in [0.717, 1.165) is 33.4 Å². The minimum absolute atomic E-state index is 0.0200. The number of rotatable bonds is 6. The van der Waals surface area contributed by atoms with Crippen LogP contribution >= 0.6 is 23.8 Å². The van der Waals surface area contributed by atoms with E-state index in [1.54, 1.807) is 0 Å². The predicted molar refractivity (Wildman–Crippen MR) is 129 cm³/mol. The van der Waals surface area contributed by atoms with Crippen molar-refractivity contribution in [3.05, 3.63) is 81.9 Å². The summed E-state index contributed by atoms with van der Waals surface area (Å²) in [5, 5.41) is 14.4. The minimum atomic E-state index is -0.0678. The predicted octanol–water partition coefficient (Wildman–Crippen LogP) is 4.81. The molecule has 1 aliphatic heterocycles. The van der Waals surface area contributed by atoms with Crippen LogP contribution in [0.3, 0.4) is 0 Å². The lowest BCUT2D eigenvalue weighted by atomic mass is 9.96. The summed E-state index contributed by atoms with van der Waals surface area (Å²) in [4.78, 5) is 6.79. The molecule has 1 aromatic carbocycles. The maximum atomic E-state index is 9.44. The highest BCUT2D eigenvalue weighted by Crippen LogP contribution is 2.41. The van der Waals surface area contributed by atoms with E-state index in [9.17, 15) is 5.11 Å². The van der Waals surface area contributed by atoms with E-state index >= 15 is 0 Å². The first-order chi connectivity index (χ1) is 14.9. The van der Waals surface area contributed by atoms with Crippen LogP contribution in [-0.4, -0.2) is 37.8 Å². The highest BCUT2D eigenvalue weighted by Gasteiger charge is 2.41. The minimum Gasteiger partial charge on any atom is -0.396 e. The van der Waals surface area contributed by atoms with E-state index in [1.165, 1.54) is 5.56 Å². The van der Waals surface area contributed by atoms with E-state index in [-0.39, 0.29) is 18.7 Å². The first-order valence-electron chi connectivity index (χ1n) is 10.5. The zero-order valence-electron chi connectivity index (χ0n) is 18.0. The third-order valence-corrected chi connectivity index (χ3v) is 6.79. The van der Waals surface area contributed by atoms with Crippen LogP contribution < -0.4 is 5.32 Å². The number of aliphatic hydroxyl groups excluding tert-OH is 1. The van der Waals surface area contributed by atoms with Crippen LogP contribution in [0.2, 0.25) is 5.02 Å². The molecular formula is C24H27ClN4OS. The molecule has 31 heavy (non-hydrogen) atoms. The number of benzene rings is 1. The van der Waals surface area contributed by atoms with Crippen LogP contribution in [0.5, 0.6) is 0 Å². The number of thiocarbonyl (C=S) groups is 1. The van der Waals surface area contributed by atoms with Crippen LogP contribution in [-0.2, 0) is 0 Å². The number of aromatic nitrogens is 2. The molecule has 3 heterocycles. The molecule has 7 heteroatoms. The zero-order valence-corrected chi connectivity index (χ0v) is 19.5. The maximum Gasteiger partial charge on any atom is 0.170 e. The molecule has 1 aliphatic rings. The van der Waals surface area contributed by atoms with Crippen molar-refractivity contribution in [3.8, 4) is 5.69 Å². The van der Waals surface area contributed by atoms with E-state index < -0.39 is 0 Å². The van der Waals surface area contributed by atoms with Crippen molar-refractivity contribution >= 4 is 28.9 Å². The van der Waals surface area contributed by atoms with Gasteiger partial charge in [0.15, 0.2) is 5.11 Å². The Bertz CT molecular complexity index is 1100. The molecule has 3 aromatic rings. The lowest BCUT2D eigenvalue weighted by Crippen LogP contribution is -2.31. The molecule has 0 aliphatic carbocycles. The van der Waals surface area contributed by atoms with Crippen molar-refractivity contribution in [1.82, 2.24) is 19.8 Å². The molecule has 1 fully saturated rings. The molecule has 4 rings (SSSR count). The van der Waals surface area contributed by atoms with Crippen molar-refractivity contribution in [2.24, 2.45) is 0 Å². The quantitative estimate of drug-likeness (QED) is 0.523. The van der Waals surface area contributed by atoms with Gasteiger partial charge < -0.3 is 19.9 Å². The summed E-state index contributed by atoms with van der Waals surface area (Å²) in [7, 11) is 0. The van der Waals surface area contributed by atoms with Gasteiger partial charge in [0.25, 0.3) is 0 Å². The Morgan fingerprint density at radius 3 is 2.68 bits per heavy atom. The van der Waals surface area contributed by atoms with Crippen LogP contribution in [0, 0.1) is 20.8 Å². The topological polar surface area (TPSA) is 53.3 Å². The van der Waals surface area contributed by atoms with Crippen molar-refractivity contribution in [1.29, 1.82) is 0 Å². The molecular weight excluding hydrogens is 428 g/mol. The molecule has 0 amide bonds. The second kappa shape index (κ2) is 8.99. The smallest absolute Gasteiger partial charge is 0.170 e. The molecule has 2 aromatic heterocycles. The van der Waals surface area contributed by atoms with Crippen molar-refractivity contribution in [2.45, 2.75) is 39.3 Å². The number of hydrogen-bond acceptors (Lipinski definition) is 3. The highest BCUT2D eigenvalue weighted by atomic mass is 35.5. The fourth-order valence-electron chi connectivity index (χ4n) is 4.52. The summed E-state index contributed by atoms with van der Waals surface area (Å²) >= 11 is 12.1. The Kier molecular flexibility index (Phi) is 6.32. The maximum absolute atomic E-state index is 9.44. The summed E-state index contributed by atoms with van der Waals surface area (Å²) in [6.45, 7) is 7.11. The Hall–Kier alpha value is -2.41. The highest BCUT2D eigenvalue weighted by molar-refractivity contribution is 7.80. The van der Waals surface area contributed by atoms with Gasteiger partial charge >= 0.3 is 0 Å². The third-order valence-electron chi connectivity index (χ3n) is 6.02. The first kappa shape index (κ1) is 21.8. The molecule has 162 valence electrons. The third kappa shape index (κ3) is 3.95. The fraction of sp³-hybridized carbons (Fsp3) is 0.333. The van der Waals surface area contributed by atoms with Gasteiger partial charge in [-0.3, -0.25) is 4.98 Å². The van der Waals surface area contributed by atoms with E-state index in [0.29, 0.717) is 18.1 Å². The lowest BCUT2D eigenvalue weighted by Gasteiger charge is -2.28. The number of pyridine rings is 1. The molecule has 0 radical (unpaired) electrons. The van der Waals surface area contributed by atoms with Crippen molar-refractivity contribution in [2.75, 3.05) is 13.2 Å². The molecule has 5 nitrogen and oxygen atoms in total. The Labute approximate surface area is 193 Å². The summed E-state index contributed by atoms with van der Waals surface area (Å²) in [6.07, 6.45) is 2.46. The zero-order chi connectivity index (χ0) is 22.1.